The number of carbonyl (C=O) groups excluding carboxylic acids is 2. The van der Waals surface area contributed by atoms with E-state index in [1.54, 1.807) is 48.5 Å². The maximum absolute atomic E-state index is 12.4. The zero-order valence-electron chi connectivity index (χ0n) is 18.2. The van der Waals surface area contributed by atoms with Gasteiger partial charge in [0, 0.05) is 23.4 Å². The lowest BCUT2D eigenvalue weighted by molar-refractivity contribution is 0.0950. The van der Waals surface area contributed by atoms with Crippen molar-refractivity contribution in [1.29, 1.82) is 0 Å². The first kappa shape index (κ1) is 24.3. The molecule has 0 bridgehead atoms. The van der Waals surface area contributed by atoms with Gasteiger partial charge in [0.2, 0.25) is 0 Å². The van der Waals surface area contributed by atoms with Gasteiger partial charge in [-0.2, -0.15) is 0 Å². The molecule has 0 fully saturated rings. The Labute approximate surface area is 189 Å². The summed E-state index contributed by atoms with van der Waals surface area (Å²) >= 11 is 5.25. The molecule has 0 heterocycles. The second kappa shape index (κ2) is 13.4. The summed E-state index contributed by atoms with van der Waals surface area (Å²) in [5.41, 5.74) is 1.64. The Kier molecular flexibility index (Phi) is 10.5. The molecule has 0 aliphatic heterocycles. The van der Waals surface area contributed by atoms with Crippen molar-refractivity contribution >= 4 is 34.8 Å². The van der Waals surface area contributed by atoms with E-state index in [0.717, 1.165) is 37.9 Å². The average Bonchev–Trinajstić information content (AvgIpc) is 2.77. The van der Waals surface area contributed by atoms with Crippen LogP contribution in [0.1, 0.15) is 66.7 Å². The van der Waals surface area contributed by atoms with E-state index in [9.17, 15) is 9.59 Å². The molecule has 2 aromatic carbocycles. The molecule has 2 amide bonds. The van der Waals surface area contributed by atoms with Crippen molar-refractivity contribution in [2.45, 2.75) is 46.0 Å². The third-order valence-corrected chi connectivity index (χ3v) is 4.76. The van der Waals surface area contributed by atoms with E-state index in [0.29, 0.717) is 30.0 Å². The van der Waals surface area contributed by atoms with E-state index in [4.69, 9.17) is 17.0 Å². The minimum Gasteiger partial charge on any atom is -0.494 e. The predicted octanol–water partition coefficient (Wildman–Crippen LogP) is 4.91. The first-order valence-electron chi connectivity index (χ1n) is 10.8. The van der Waals surface area contributed by atoms with Gasteiger partial charge < -0.3 is 15.4 Å². The lowest BCUT2D eigenvalue weighted by Crippen LogP contribution is -2.34. The lowest BCUT2D eigenvalue weighted by Gasteiger charge is -2.11. The van der Waals surface area contributed by atoms with Gasteiger partial charge in [0.25, 0.3) is 11.8 Å². The Morgan fingerprint density at radius 2 is 1.65 bits per heavy atom. The van der Waals surface area contributed by atoms with Crippen molar-refractivity contribution in [3.63, 3.8) is 0 Å². The molecule has 0 saturated carbocycles. The number of thiocarbonyl (C=S) groups is 1. The number of hydrogen-bond donors (Lipinski definition) is 3. The smallest absolute Gasteiger partial charge is 0.257 e. The molecular formula is C24H31N3O3S. The van der Waals surface area contributed by atoms with Crippen molar-refractivity contribution < 1.29 is 14.3 Å². The molecule has 7 heteroatoms. The molecule has 0 radical (unpaired) electrons. The third-order valence-electron chi connectivity index (χ3n) is 4.56. The van der Waals surface area contributed by atoms with Crippen LogP contribution in [0.2, 0.25) is 0 Å². The molecule has 0 atom stereocenters. The van der Waals surface area contributed by atoms with Gasteiger partial charge in [-0.1, -0.05) is 39.2 Å². The van der Waals surface area contributed by atoms with Gasteiger partial charge in [-0.25, -0.2) is 0 Å². The van der Waals surface area contributed by atoms with Crippen molar-refractivity contribution in [1.82, 2.24) is 10.6 Å². The quantitative estimate of drug-likeness (QED) is 0.341. The van der Waals surface area contributed by atoms with E-state index in [2.05, 4.69) is 29.8 Å². The summed E-state index contributed by atoms with van der Waals surface area (Å²) in [5, 5.41) is 8.64. The topological polar surface area (TPSA) is 79.5 Å². The van der Waals surface area contributed by atoms with E-state index in [1.807, 2.05) is 0 Å². The first-order valence-corrected chi connectivity index (χ1v) is 11.2. The van der Waals surface area contributed by atoms with Crippen molar-refractivity contribution in [2.75, 3.05) is 18.5 Å². The fourth-order valence-corrected chi connectivity index (χ4v) is 3.01. The van der Waals surface area contributed by atoms with Crippen LogP contribution in [-0.4, -0.2) is 30.1 Å². The number of anilines is 1. The van der Waals surface area contributed by atoms with Crippen molar-refractivity contribution in [2.24, 2.45) is 0 Å². The number of carbonyl (C=O) groups is 2. The van der Waals surface area contributed by atoms with Crippen LogP contribution < -0.4 is 20.7 Å². The van der Waals surface area contributed by atoms with Gasteiger partial charge in [0.1, 0.15) is 5.75 Å². The Morgan fingerprint density at radius 3 is 2.35 bits per heavy atom. The molecule has 0 aliphatic rings. The van der Waals surface area contributed by atoms with E-state index in [-0.39, 0.29) is 16.9 Å². The van der Waals surface area contributed by atoms with Crippen LogP contribution in [0, 0.1) is 0 Å². The number of ether oxygens (including phenoxy) is 1. The molecule has 0 aliphatic carbocycles. The van der Waals surface area contributed by atoms with Gasteiger partial charge in [-0.3, -0.25) is 14.9 Å². The summed E-state index contributed by atoms with van der Waals surface area (Å²) in [6, 6.07) is 13.9. The highest BCUT2D eigenvalue weighted by atomic mass is 32.1. The fourth-order valence-electron chi connectivity index (χ4n) is 2.80. The molecule has 166 valence electrons. The molecular weight excluding hydrogens is 410 g/mol. The highest BCUT2D eigenvalue weighted by Gasteiger charge is 2.10. The third kappa shape index (κ3) is 8.76. The molecule has 3 N–H and O–H groups in total. The zero-order valence-corrected chi connectivity index (χ0v) is 19.0. The first-order chi connectivity index (χ1) is 15.0. The summed E-state index contributed by atoms with van der Waals surface area (Å²) < 4.78 is 5.66. The Morgan fingerprint density at radius 1 is 0.903 bits per heavy atom. The number of unbranched alkanes of at least 4 members (excludes halogenated alkanes) is 3. The predicted molar refractivity (Wildman–Crippen MR) is 129 cm³/mol. The summed E-state index contributed by atoms with van der Waals surface area (Å²) in [6.07, 6.45) is 5.25. The average molecular weight is 442 g/mol. The minimum absolute atomic E-state index is 0.135. The molecule has 0 aromatic heterocycles. The zero-order chi connectivity index (χ0) is 22.5. The Bertz CT molecular complexity index is 869. The largest absolute Gasteiger partial charge is 0.494 e. The van der Waals surface area contributed by atoms with Crippen LogP contribution in [0.3, 0.4) is 0 Å². The minimum atomic E-state index is -0.316. The van der Waals surface area contributed by atoms with Gasteiger partial charge in [0.05, 0.1) is 6.61 Å². The number of nitrogens with one attached hydrogen (secondary N) is 3. The highest BCUT2D eigenvalue weighted by molar-refractivity contribution is 7.80. The van der Waals surface area contributed by atoms with Crippen LogP contribution in [0.15, 0.2) is 48.5 Å². The second-order valence-electron chi connectivity index (χ2n) is 7.18. The van der Waals surface area contributed by atoms with E-state index < -0.39 is 0 Å². The van der Waals surface area contributed by atoms with E-state index >= 15 is 0 Å². The number of benzene rings is 2. The van der Waals surface area contributed by atoms with Gasteiger partial charge >= 0.3 is 0 Å². The van der Waals surface area contributed by atoms with Crippen LogP contribution in [0.25, 0.3) is 0 Å². The molecule has 2 aromatic rings. The van der Waals surface area contributed by atoms with Crippen LogP contribution in [-0.2, 0) is 0 Å². The molecule has 0 saturated heterocycles. The molecule has 0 spiro atoms. The van der Waals surface area contributed by atoms with Gasteiger partial charge in [-0.05, 0) is 67.5 Å². The van der Waals surface area contributed by atoms with Crippen molar-refractivity contribution in [3.05, 3.63) is 59.7 Å². The van der Waals surface area contributed by atoms with Gasteiger partial charge in [0.15, 0.2) is 5.11 Å². The maximum atomic E-state index is 12.4. The van der Waals surface area contributed by atoms with Crippen LogP contribution >= 0.6 is 12.2 Å². The number of rotatable bonds is 11. The SMILES string of the molecule is CCCCCOc1ccc(C(=O)NC(=S)Nc2cccc(C(=O)NCCCC)c2)cc1. The van der Waals surface area contributed by atoms with Gasteiger partial charge in [-0.15, -0.1) is 0 Å². The molecule has 0 unspecified atom stereocenters. The molecule has 31 heavy (non-hydrogen) atoms. The monoisotopic (exact) mass is 441 g/mol. The standard InChI is InChI=1S/C24H31N3O3S/c1-3-5-7-16-30-21-13-11-18(12-14-21)23(29)27-24(31)26-20-10-8-9-19(17-20)22(28)25-15-6-4-2/h8-14,17H,3-7,15-16H2,1-2H3,(H,25,28)(H2,26,27,29,31). The fraction of sp³-hybridized carbons (Fsp3) is 0.375. The van der Waals surface area contributed by atoms with E-state index in [1.165, 1.54) is 0 Å². The van der Waals surface area contributed by atoms with Crippen LogP contribution in [0.5, 0.6) is 5.75 Å². The highest BCUT2D eigenvalue weighted by Crippen LogP contribution is 2.14. The summed E-state index contributed by atoms with van der Waals surface area (Å²) in [5.74, 6) is 0.287. The second-order valence-corrected chi connectivity index (χ2v) is 7.59. The normalized spacial score (nSPS) is 10.3. The van der Waals surface area contributed by atoms with Crippen LogP contribution in [0.4, 0.5) is 5.69 Å². The summed E-state index contributed by atoms with van der Waals surface area (Å²) in [4.78, 5) is 24.6. The Balaban J connectivity index is 1.86. The Hall–Kier alpha value is -2.93. The summed E-state index contributed by atoms with van der Waals surface area (Å²) in [7, 11) is 0. The summed E-state index contributed by atoms with van der Waals surface area (Å²) in [6.45, 7) is 5.53. The molecule has 6 nitrogen and oxygen atoms in total. The van der Waals surface area contributed by atoms with Crippen molar-refractivity contribution in [3.8, 4) is 5.75 Å². The molecule has 2 rings (SSSR count). The number of hydrogen-bond acceptors (Lipinski definition) is 4. The maximum Gasteiger partial charge on any atom is 0.257 e. The number of amides is 2. The lowest BCUT2D eigenvalue weighted by atomic mass is 10.2.